The standard InChI is InChI=1S/C23H28Cl2N2O/c24-18-9-8-15-17(23(28)19-3-1-2-10-26-19)12-20(27-22(15)21(18)25)16-11-13-4-6-14(16)7-5-13/h8-9,12-14,16,19,23,26,28H,1-7,10-11H2. The van der Waals surface area contributed by atoms with Crippen LogP contribution < -0.4 is 5.32 Å². The molecule has 0 spiro atoms. The summed E-state index contributed by atoms with van der Waals surface area (Å²) < 4.78 is 0. The van der Waals surface area contributed by atoms with Crippen molar-refractivity contribution < 1.29 is 5.11 Å². The fraction of sp³-hybridized carbons (Fsp3) is 0.609. The minimum absolute atomic E-state index is 0.0875. The van der Waals surface area contributed by atoms with E-state index < -0.39 is 6.10 Å². The summed E-state index contributed by atoms with van der Waals surface area (Å²) in [5.74, 6) is 2.03. The van der Waals surface area contributed by atoms with E-state index in [1.807, 2.05) is 12.1 Å². The maximum atomic E-state index is 11.3. The number of piperidine rings is 1. The topological polar surface area (TPSA) is 45.2 Å². The second-order valence-corrected chi connectivity index (χ2v) is 9.80. The number of pyridine rings is 1. The highest BCUT2D eigenvalue weighted by molar-refractivity contribution is 6.45. The van der Waals surface area contributed by atoms with Crippen LogP contribution in [0.2, 0.25) is 10.0 Å². The van der Waals surface area contributed by atoms with Crippen LogP contribution in [0.5, 0.6) is 0 Å². The van der Waals surface area contributed by atoms with E-state index in [4.69, 9.17) is 28.2 Å². The van der Waals surface area contributed by atoms with Gasteiger partial charge in [-0.2, -0.15) is 0 Å². The molecule has 150 valence electrons. The average Bonchev–Trinajstić information content (AvgIpc) is 2.76. The third kappa shape index (κ3) is 3.35. The number of aliphatic hydroxyl groups is 1. The van der Waals surface area contributed by atoms with Gasteiger partial charge in [-0.25, -0.2) is 0 Å². The highest BCUT2D eigenvalue weighted by Crippen LogP contribution is 2.50. The molecule has 5 heteroatoms. The van der Waals surface area contributed by atoms with Gasteiger partial charge in [0.15, 0.2) is 0 Å². The van der Waals surface area contributed by atoms with Crippen molar-refractivity contribution in [3.8, 4) is 0 Å². The van der Waals surface area contributed by atoms with Gasteiger partial charge in [0, 0.05) is 23.0 Å². The zero-order chi connectivity index (χ0) is 19.3. The zero-order valence-corrected chi connectivity index (χ0v) is 17.6. The number of aromatic nitrogens is 1. The molecule has 28 heavy (non-hydrogen) atoms. The maximum absolute atomic E-state index is 11.3. The summed E-state index contributed by atoms with van der Waals surface area (Å²) in [5, 5.41) is 16.8. The van der Waals surface area contributed by atoms with Crippen molar-refractivity contribution >= 4 is 34.1 Å². The number of rotatable bonds is 3. The fourth-order valence-corrected chi connectivity index (χ4v) is 6.18. The number of fused-ring (bicyclic) bond motifs is 4. The van der Waals surface area contributed by atoms with Crippen LogP contribution in [0.1, 0.15) is 74.6 Å². The molecular formula is C23H28Cl2N2O. The smallest absolute Gasteiger partial charge is 0.0950 e. The molecule has 3 atom stereocenters. The first kappa shape index (κ1) is 19.1. The van der Waals surface area contributed by atoms with Crippen molar-refractivity contribution in [3.05, 3.63) is 39.5 Å². The van der Waals surface area contributed by atoms with Crippen LogP contribution >= 0.6 is 23.2 Å². The Morgan fingerprint density at radius 2 is 1.89 bits per heavy atom. The summed E-state index contributed by atoms with van der Waals surface area (Å²) in [6, 6.07) is 6.05. The molecule has 1 aliphatic heterocycles. The lowest BCUT2D eigenvalue weighted by molar-refractivity contribution is 0.114. The molecule has 0 amide bonds. The molecule has 1 aromatic carbocycles. The lowest BCUT2D eigenvalue weighted by Crippen LogP contribution is -2.39. The summed E-state index contributed by atoms with van der Waals surface area (Å²) >= 11 is 12.9. The van der Waals surface area contributed by atoms with Crippen molar-refractivity contribution in [3.63, 3.8) is 0 Å². The molecule has 2 N–H and O–H groups in total. The largest absolute Gasteiger partial charge is 0.387 e. The van der Waals surface area contributed by atoms with Gasteiger partial charge in [0.2, 0.25) is 0 Å². The summed E-state index contributed by atoms with van der Waals surface area (Å²) in [6.45, 7) is 0.969. The minimum atomic E-state index is -0.553. The molecule has 3 nitrogen and oxygen atoms in total. The predicted molar refractivity (Wildman–Crippen MR) is 115 cm³/mol. The second-order valence-electron chi connectivity index (χ2n) is 9.02. The summed E-state index contributed by atoms with van der Waals surface area (Å²) in [5.41, 5.74) is 2.81. The average molecular weight is 419 g/mol. The first-order valence-electron chi connectivity index (χ1n) is 10.8. The summed E-state index contributed by atoms with van der Waals surface area (Å²) in [6.07, 6.45) is 9.34. The van der Waals surface area contributed by atoms with Crippen molar-refractivity contribution in [2.75, 3.05) is 6.54 Å². The highest BCUT2D eigenvalue weighted by Gasteiger charge is 2.38. The van der Waals surface area contributed by atoms with E-state index in [0.29, 0.717) is 21.9 Å². The molecule has 2 aromatic rings. The van der Waals surface area contributed by atoms with Gasteiger partial charge >= 0.3 is 0 Å². The predicted octanol–water partition coefficient (Wildman–Crippen LogP) is 6.01. The molecule has 1 aromatic heterocycles. The number of halogens is 2. The molecule has 2 heterocycles. The van der Waals surface area contributed by atoms with Gasteiger partial charge in [-0.3, -0.25) is 4.98 Å². The van der Waals surface area contributed by atoms with Crippen LogP contribution in [0.3, 0.4) is 0 Å². The maximum Gasteiger partial charge on any atom is 0.0950 e. The lowest BCUT2D eigenvalue weighted by atomic mass is 9.63. The Kier molecular flexibility index (Phi) is 5.29. The van der Waals surface area contributed by atoms with Gasteiger partial charge in [-0.15, -0.1) is 0 Å². The Morgan fingerprint density at radius 1 is 1.07 bits per heavy atom. The van der Waals surface area contributed by atoms with Crippen LogP contribution in [0.25, 0.3) is 10.9 Å². The fourth-order valence-electron chi connectivity index (χ4n) is 5.82. The minimum Gasteiger partial charge on any atom is -0.387 e. The van der Waals surface area contributed by atoms with Crippen LogP contribution in [0, 0.1) is 11.8 Å². The van der Waals surface area contributed by atoms with Crippen LogP contribution in [0.15, 0.2) is 18.2 Å². The molecule has 3 saturated carbocycles. The quantitative estimate of drug-likeness (QED) is 0.640. The van der Waals surface area contributed by atoms with Gasteiger partial charge < -0.3 is 10.4 Å². The van der Waals surface area contributed by atoms with E-state index >= 15 is 0 Å². The van der Waals surface area contributed by atoms with Crippen molar-refractivity contribution in [2.24, 2.45) is 11.8 Å². The first-order chi connectivity index (χ1) is 13.6. The van der Waals surface area contributed by atoms with Crippen LogP contribution in [-0.2, 0) is 0 Å². The van der Waals surface area contributed by atoms with E-state index in [-0.39, 0.29) is 6.04 Å². The second kappa shape index (κ2) is 7.75. The molecule has 3 unspecified atom stereocenters. The number of hydrogen-bond donors (Lipinski definition) is 2. The van der Waals surface area contributed by atoms with Crippen molar-refractivity contribution in [1.29, 1.82) is 0 Å². The van der Waals surface area contributed by atoms with Gasteiger partial charge in [0.1, 0.15) is 0 Å². The Bertz CT molecular complexity index is 873. The Morgan fingerprint density at radius 3 is 2.57 bits per heavy atom. The molecule has 0 radical (unpaired) electrons. The molecule has 2 bridgehead atoms. The molecule has 4 fully saturated rings. The Balaban J connectivity index is 1.62. The summed E-state index contributed by atoms with van der Waals surface area (Å²) in [4.78, 5) is 5.02. The molecule has 1 saturated heterocycles. The van der Waals surface area contributed by atoms with Crippen molar-refractivity contribution in [2.45, 2.75) is 69.4 Å². The molecule has 3 aliphatic carbocycles. The molecule has 4 aliphatic rings. The monoisotopic (exact) mass is 418 g/mol. The van der Waals surface area contributed by atoms with E-state index in [1.54, 1.807) is 0 Å². The summed E-state index contributed by atoms with van der Waals surface area (Å²) in [7, 11) is 0. The van der Waals surface area contributed by atoms with Crippen LogP contribution in [-0.4, -0.2) is 22.7 Å². The Labute approximate surface area is 176 Å². The number of aliphatic hydroxyl groups excluding tert-OH is 1. The van der Waals surface area contributed by atoms with Crippen molar-refractivity contribution in [1.82, 2.24) is 10.3 Å². The van der Waals surface area contributed by atoms with E-state index in [2.05, 4.69) is 11.4 Å². The highest BCUT2D eigenvalue weighted by atomic mass is 35.5. The van der Waals surface area contributed by atoms with Gasteiger partial charge in [0.25, 0.3) is 0 Å². The number of benzene rings is 1. The van der Waals surface area contributed by atoms with E-state index in [0.717, 1.165) is 47.5 Å². The number of nitrogens with zero attached hydrogens (tertiary/aromatic N) is 1. The Hall–Kier alpha value is -0.870. The van der Waals surface area contributed by atoms with Gasteiger partial charge in [0.05, 0.1) is 21.7 Å². The number of nitrogens with one attached hydrogen (secondary N) is 1. The normalized spacial score (nSPS) is 31.2. The van der Waals surface area contributed by atoms with Gasteiger partial charge in [-0.05, 0) is 68.2 Å². The van der Waals surface area contributed by atoms with E-state index in [9.17, 15) is 5.11 Å². The SMILES string of the molecule is OC(c1cc(C2CC3CCC2CC3)nc2c(Cl)c(Cl)ccc12)C1CCCCN1. The molecular weight excluding hydrogens is 391 g/mol. The number of hydrogen-bond acceptors (Lipinski definition) is 3. The third-order valence-corrected chi connectivity index (χ3v) is 8.19. The van der Waals surface area contributed by atoms with Gasteiger partial charge in [-0.1, -0.05) is 48.5 Å². The van der Waals surface area contributed by atoms with Crippen LogP contribution in [0.4, 0.5) is 0 Å². The lowest BCUT2D eigenvalue weighted by Gasteiger charge is -2.42. The van der Waals surface area contributed by atoms with E-state index in [1.165, 1.54) is 38.5 Å². The third-order valence-electron chi connectivity index (χ3n) is 7.40. The first-order valence-corrected chi connectivity index (χ1v) is 11.6. The zero-order valence-electron chi connectivity index (χ0n) is 16.1. The molecule has 6 rings (SSSR count).